The average Bonchev–Trinajstić information content (AvgIpc) is 2.61. The number of halogens is 1. The lowest BCUT2D eigenvalue weighted by molar-refractivity contribution is 0.171. The molecule has 0 bridgehead atoms. The van der Waals surface area contributed by atoms with Crippen molar-refractivity contribution in [1.29, 1.82) is 0 Å². The van der Waals surface area contributed by atoms with Gasteiger partial charge in [0.1, 0.15) is 25.6 Å². The van der Waals surface area contributed by atoms with Crippen LogP contribution in [-0.4, -0.2) is 46.1 Å². The van der Waals surface area contributed by atoms with Crippen LogP contribution in [0.5, 0.6) is 17.2 Å². The highest BCUT2D eigenvalue weighted by Crippen LogP contribution is 2.32. The molecule has 0 spiro atoms. The van der Waals surface area contributed by atoms with Crippen molar-refractivity contribution in [1.82, 2.24) is 4.31 Å². The molecule has 0 N–H and O–H groups in total. The number of benzene rings is 2. The van der Waals surface area contributed by atoms with Gasteiger partial charge in [0, 0.05) is 24.7 Å². The largest absolute Gasteiger partial charge is 0.492 e. The van der Waals surface area contributed by atoms with Gasteiger partial charge in [0.05, 0.1) is 4.90 Å². The first kappa shape index (κ1) is 17.8. The van der Waals surface area contributed by atoms with Gasteiger partial charge in [-0.15, -0.1) is 0 Å². The molecule has 134 valence electrons. The average molecular weight is 384 g/mol. The lowest BCUT2D eigenvalue weighted by Crippen LogP contribution is -2.31. The third kappa shape index (κ3) is 4.18. The zero-order chi connectivity index (χ0) is 17.9. The Kier molecular flexibility index (Phi) is 5.36. The van der Waals surface area contributed by atoms with Crippen LogP contribution in [0.15, 0.2) is 47.4 Å². The summed E-state index contributed by atoms with van der Waals surface area (Å²) >= 11 is 5.89. The monoisotopic (exact) mass is 383 g/mol. The lowest BCUT2D eigenvalue weighted by Gasteiger charge is -2.21. The molecule has 0 aliphatic carbocycles. The van der Waals surface area contributed by atoms with Crippen LogP contribution in [0.3, 0.4) is 0 Å². The van der Waals surface area contributed by atoms with E-state index in [2.05, 4.69) is 0 Å². The third-order valence-corrected chi connectivity index (χ3v) is 5.78. The van der Waals surface area contributed by atoms with Crippen molar-refractivity contribution in [2.75, 3.05) is 33.4 Å². The lowest BCUT2D eigenvalue weighted by atomic mass is 10.3. The minimum atomic E-state index is -3.64. The van der Waals surface area contributed by atoms with E-state index in [0.29, 0.717) is 35.5 Å². The van der Waals surface area contributed by atoms with Gasteiger partial charge in [-0.3, -0.25) is 0 Å². The number of fused-ring (bicyclic) bond motifs is 1. The first-order valence-electron chi connectivity index (χ1n) is 7.71. The topological polar surface area (TPSA) is 65.1 Å². The van der Waals surface area contributed by atoms with E-state index in [9.17, 15) is 8.42 Å². The van der Waals surface area contributed by atoms with Crippen molar-refractivity contribution in [3.05, 3.63) is 47.5 Å². The second-order valence-corrected chi connectivity index (χ2v) is 7.92. The Morgan fingerprint density at radius 2 is 1.88 bits per heavy atom. The van der Waals surface area contributed by atoms with Gasteiger partial charge in [-0.1, -0.05) is 17.7 Å². The van der Waals surface area contributed by atoms with Crippen LogP contribution in [0, 0.1) is 0 Å². The Bertz CT molecular complexity index is 856. The Balaban J connectivity index is 1.65. The first-order chi connectivity index (χ1) is 12.0. The highest BCUT2D eigenvalue weighted by molar-refractivity contribution is 7.89. The molecule has 0 radical (unpaired) electrons. The molecule has 0 saturated carbocycles. The fourth-order valence-corrected chi connectivity index (χ4v) is 3.68. The Hall–Kier alpha value is -1.96. The molecule has 25 heavy (non-hydrogen) atoms. The van der Waals surface area contributed by atoms with Crippen molar-refractivity contribution >= 4 is 21.6 Å². The number of hydrogen-bond acceptors (Lipinski definition) is 5. The summed E-state index contributed by atoms with van der Waals surface area (Å²) in [6.07, 6.45) is 0. The zero-order valence-electron chi connectivity index (χ0n) is 13.6. The number of ether oxygens (including phenoxy) is 3. The maximum atomic E-state index is 12.7. The predicted octanol–water partition coefficient (Wildman–Crippen LogP) is 2.81. The van der Waals surface area contributed by atoms with Crippen LogP contribution in [-0.2, 0) is 10.0 Å². The van der Waals surface area contributed by atoms with Gasteiger partial charge in [-0.05, 0) is 30.3 Å². The highest BCUT2D eigenvalue weighted by Gasteiger charge is 2.23. The number of likely N-dealkylation sites (N-methyl/N-ethyl adjacent to an activating group) is 1. The zero-order valence-corrected chi connectivity index (χ0v) is 15.2. The Morgan fingerprint density at radius 3 is 2.64 bits per heavy atom. The van der Waals surface area contributed by atoms with E-state index in [-0.39, 0.29) is 18.0 Å². The standard InChI is InChI=1S/C17H18ClNO5S/c1-19(7-8-22-14-4-2-3-13(18)11-14)25(20,21)15-5-6-16-17(12-15)24-10-9-23-16/h2-6,11-12H,7-10H2,1H3. The molecule has 0 atom stereocenters. The molecule has 2 aromatic carbocycles. The van der Waals surface area contributed by atoms with Gasteiger partial charge in [-0.25, -0.2) is 8.42 Å². The predicted molar refractivity (Wildman–Crippen MR) is 94.2 cm³/mol. The molecular formula is C17H18ClNO5S. The summed E-state index contributed by atoms with van der Waals surface area (Å²) in [5.74, 6) is 1.59. The van der Waals surface area contributed by atoms with Crippen LogP contribution in [0.25, 0.3) is 0 Å². The minimum absolute atomic E-state index is 0.155. The molecule has 2 aromatic rings. The van der Waals surface area contributed by atoms with Crippen molar-refractivity contribution in [3.8, 4) is 17.2 Å². The number of rotatable bonds is 6. The molecule has 3 rings (SSSR count). The molecule has 1 aliphatic rings. The maximum absolute atomic E-state index is 12.7. The van der Waals surface area contributed by atoms with Gasteiger partial charge in [-0.2, -0.15) is 4.31 Å². The van der Waals surface area contributed by atoms with Gasteiger partial charge in [0.2, 0.25) is 10.0 Å². The summed E-state index contributed by atoms with van der Waals surface area (Å²) in [5.41, 5.74) is 0. The van der Waals surface area contributed by atoms with Gasteiger partial charge < -0.3 is 14.2 Å². The summed E-state index contributed by atoms with van der Waals surface area (Å²) < 4.78 is 43.0. The quantitative estimate of drug-likeness (QED) is 0.767. The number of hydrogen-bond donors (Lipinski definition) is 0. The van der Waals surface area contributed by atoms with Gasteiger partial charge >= 0.3 is 0 Å². The van der Waals surface area contributed by atoms with Crippen LogP contribution in [0.2, 0.25) is 5.02 Å². The third-order valence-electron chi connectivity index (χ3n) is 3.69. The molecule has 0 aromatic heterocycles. The van der Waals surface area contributed by atoms with Gasteiger partial charge in [0.15, 0.2) is 11.5 Å². The summed E-state index contributed by atoms with van der Waals surface area (Å²) in [5, 5.41) is 0.565. The molecule has 6 nitrogen and oxygen atoms in total. The van der Waals surface area contributed by atoms with E-state index in [1.807, 2.05) is 0 Å². The van der Waals surface area contributed by atoms with Crippen LogP contribution in [0.4, 0.5) is 0 Å². The summed E-state index contributed by atoms with van der Waals surface area (Å²) in [6.45, 7) is 1.27. The summed E-state index contributed by atoms with van der Waals surface area (Å²) in [4.78, 5) is 0.155. The molecule has 0 saturated heterocycles. The van der Waals surface area contributed by atoms with Crippen molar-refractivity contribution in [2.45, 2.75) is 4.90 Å². The summed E-state index contributed by atoms with van der Waals surface area (Å²) in [6, 6.07) is 11.6. The molecule has 8 heteroatoms. The SMILES string of the molecule is CN(CCOc1cccc(Cl)c1)S(=O)(=O)c1ccc2c(c1)OCCO2. The Morgan fingerprint density at radius 1 is 1.12 bits per heavy atom. The second kappa shape index (κ2) is 7.51. The first-order valence-corrected chi connectivity index (χ1v) is 9.53. The van der Waals surface area contributed by atoms with E-state index < -0.39 is 10.0 Å². The molecular weight excluding hydrogens is 366 g/mol. The van der Waals surface area contributed by atoms with E-state index in [0.717, 1.165) is 0 Å². The molecule has 1 heterocycles. The van der Waals surface area contributed by atoms with Crippen LogP contribution in [0.1, 0.15) is 0 Å². The van der Waals surface area contributed by atoms with E-state index in [4.69, 9.17) is 25.8 Å². The normalized spacial score (nSPS) is 13.7. The van der Waals surface area contributed by atoms with Crippen LogP contribution < -0.4 is 14.2 Å². The van der Waals surface area contributed by atoms with Crippen LogP contribution >= 0.6 is 11.6 Å². The molecule has 0 amide bonds. The number of nitrogens with zero attached hydrogens (tertiary/aromatic N) is 1. The van der Waals surface area contributed by atoms with E-state index >= 15 is 0 Å². The fourth-order valence-electron chi connectivity index (χ4n) is 2.33. The van der Waals surface area contributed by atoms with Crippen molar-refractivity contribution in [3.63, 3.8) is 0 Å². The summed E-state index contributed by atoms with van der Waals surface area (Å²) in [7, 11) is -2.14. The molecule has 0 unspecified atom stereocenters. The second-order valence-electron chi connectivity index (χ2n) is 5.44. The van der Waals surface area contributed by atoms with Crippen molar-refractivity contribution < 1.29 is 22.6 Å². The van der Waals surface area contributed by atoms with E-state index in [1.54, 1.807) is 30.3 Å². The molecule has 0 fully saturated rings. The number of sulfonamides is 1. The fraction of sp³-hybridized carbons (Fsp3) is 0.294. The van der Waals surface area contributed by atoms with Gasteiger partial charge in [0.25, 0.3) is 0 Å². The molecule has 1 aliphatic heterocycles. The van der Waals surface area contributed by atoms with E-state index in [1.165, 1.54) is 23.5 Å². The maximum Gasteiger partial charge on any atom is 0.243 e. The Labute approximate surface area is 151 Å². The highest BCUT2D eigenvalue weighted by atomic mass is 35.5. The smallest absolute Gasteiger partial charge is 0.243 e. The minimum Gasteiger partial charge on any atom is -0.492 e. The van der Waals surface area contributed by atoms with Crippen molar-refractivity contribution in [2.24, 2.45) is 0 Å².